The molecule has 1 aliphatic heterocycles. The predicted molar refractivity (Wildman–Crippen MR) is 124 cm³/mol. The molecular weight excluding hydrogens is 510 g/mol. The van der Waals surface area contributed by atoms with E-state index in [9.17, 15) is 14.7 Å². The summed E-state index contributed by atoms with van der Waals surface area (Å²) >= 11 is 6.77. The van der Waals surface area contributed by atoms with E-state index in [1.807, 2.05) is 42.5 Å². The molecular formula is C24H19Br2NO3. The van der Waals surface area contributed by atoms with Crippen LogP contribution in [0.1, 0.15) is 27.9 Å². The average molecular weight is 529 g/mol. The molecule has 0 bridgehead atoms. The van der Waals surface area contributed by atoms with Crippen LogP contribution in [0.3, 0.4) is 0 Å². The van der Waals surface area contributed by atoms with Crippen LogP contribution in [-0.2, 0) is 16.8 Å². The number of ketones is 1. The van der Waals surface area contributed by atoms with Crippen LogP contribution in [0.15, 0.2) is 81.7 Å². The number of nitrogens with zero attached hydrogens (tertiary/aromatic N) is 1. The van der Waals surface area contributed by atoms with Crippen molar-refractivity contribution in [2.45, 2.75) is 18.4 Å². The third kappa shape index (κ3) is 4.00. The van der Waals surface area contributed by atoms with Gasteiger partial charge in [-0.25, -0.2) is 0 Å². The smallest absolute Gasteiger partial charge is 0.264 e. The van der Waals surface area contributed by atoms with Crippen LogP contribution >= 0.6 is 31.9 Å². The second-order valence-corrected chi connectivity index (χ2v) is 9.15. The minimum atomic E-state index is -1.89. The number of aliphatic hydroxyl groups is 1. The van der Waals surface area contributed by atoms with Crippen molar-refractivity contribution >= 4 is 49.2 Å². The summed E-state index contributed by atoms with van der Waals surface area (Å²) in [7, 11) is 0. The summed E-state index contributed by atoms with van der Waals surface area (Å²) in [5.41, 5.74) is 0.773. The van der Waals surface area contributed by atoms with Gasteiger partial charge in [-0.3, -0.25) is 9.59 Å². The summed E-state index contributed by atoms with van der Waals surface area (Å²) in [6.07, 6.45) is 0.345. The number of halogens is 2. The van der Waals surface area contributed by atoms with Crippen molar-refractivity contribution in [3.8, 4) is 0 Å². The number of fused-ring (bicyclic) bond motifs is 1. The largest absolute Gasteiger partial charge is 0.375 e. The molecule has 3 aromatic rings. The fourth-order valence-electron chi connectivity index (χ4n) is 3.77. The number of benzene rings is 3. The van der Waals surface area contributed by atoms with Crippen molar-refractivity contribution in [1.29, 1.82) is 0 Å². The van der Waals surface area contributed by atoms with Crippen LogP contribution in [0.4, 0.5) is 5.69 Å². The quantitative estimate of drug-likeness (QED) is 0.444. The zero-order chi connectivity index (χ0) is 21.3. The number of Topliss-reactive ketones (excluding diaryl/α,β-unsaturated/α-hetero) is 1. The molecule has 0 aliphatic carbocycles. The van der Waals surface area contributed by atoms with Crippen LogP contribution in [0, 0.1) is 0 Å². The number of amides is 1. The summed E-state index contributed by atoms with van der Waals surface area (Å²) < 4.78 is 1.60. The van der Waals surface area contributed by atoms with E-state index in [1.54, 1.807) is 35.2 Å². The normalized spacial score (nSPS) is 17.8. The molecule has 1 heterocycles. The molecule has 0 saturated heterocycles. The zero-order valence-electron chi connectivity index (χ0n) is 16.0. The Kier molecular flexibility index (Phi) is 5.91. The molecule has 0 spiro atoms. The number of carbonyl (C=O) groups is 2. The van der Waals surface area contributed by atoms with Gasteiger partial charge in [0, 0.05) is 26.6 Å². The Bertz CT molecular complexity index is 1100. The van der Waals surface area contributed by atoms with Gasteiger partial charge in [0.25, 0.3) is 5.91 Å². The SMILES string of the molecule is O=C(C[C@]1(O)C(=O)N(CCc2ccccc2)c2ccc(Br)cc21)c1ccc(Br)cc1. The Morgan fingerprint density at radius 2 is 1.60 bits per heavy atom. The van der Waals surface area contributed by atoms with Crippen molar-refractivity contribution in [3.63, 3.8) is 0 Å². The topological polar surface area (TPSA) is 57.6 Å². The molecule has 0 aromatic heterocycles. The number of hydrogen-bond donors (Lipinski definition) is 1. The molecule has 4 nitrogen and oxygen atoms in total. The maximum Gasteiger partial charge on any atom is 0.264 e. The molecule has 3 aromatic carbocycles. The third-order valence-electron chi connectivity index (χ3n) is 5.34. The third-order valence-corrected chi connectivity index (χ3v) is 6.37. The summed E-state index contributed by atoms with van der Waals surface area (Å²) in [4.78, 5) is 27.8. The van der Waals surface area contributed by atoms with Gasteiger partial charge in [-0.15, -0.1) is 0 Å². The van der Waals surface area contributed by atoms with Crippen LogP contribution in [0.5, 0.6) is 0 Å². The summed E-state index contributed by atoms with van der Waals surface area (Å²) in [5, 5.41) is 11.4. The van der Waals surface area contributed by atoms with E-state index in [2.05, 4.69) is 31.9 Å². The molecule has 0 radical (unpaired) electrons. The number of carbonyl (C=O) groups excluding carboxylic acids is 2. The highest BCUT2D eigenvalue weighted by Gasteiger charge is 2.50. The molecule has 0 unspecified atom stereocenters. The van der Waals surface area contributed by atoms with Crippen molar-refractivity contribution in [2.24, 2.45) is 0 Å². The van der Waals surface area contributed by atoms with Gasteiger partial charge in [0.15, 0.2) is 11.4 Å². The van der Waals surface area contributed by atoms with E-state index in [0.29, 0.717) is 29.8 Å². The Hall–Kier alpha value is -2.28. The molecule has 1 amide bonds. The number of hydrogen-bond acceptors (Lipinski definition) is 3. The molecule has 6 heteroatoms. The van der Waals surface area contributed by atoms with Gasteiger partial charge >= 0.3 is 0 Å². The van der Waals surface area contributed by atoms with E-state index in [-0.39, 0.29) is 12.2 Å². The average Bonchev–Trinajstić information content (AvgIpc) is 2.94. The van der Waals surface area contributed by atoms with Gasteiger partial charge in [-0.1, -0.05) is 74.3 Å². The fraction of sp³-hybridized carbons (Fsp3) is 0.167. The summed E-state index contributed by atoms with van der Waals surface area (Å²) in [6.45, 7) is 0.423. The van der Waals surface area contributed by atoms with Crippen LogP contribution in [0.2, 0.25) is 0 Å². The first-order valence-electron chi connectivity index (χ1n) is 9.55. The Morgan fingerprint density at radius 1 is 0.933 bits per heavy atom. The highest BCUT2D eigenvalue weighted by Crippen LogP contribution is 2.44. The fourth-order valence-corrected chi connectivity index (χ4v) is 4.40. The first kappa shape index (κ1) is 21.0. The Morgan fingerprint density at radius 3 is 2.30 bits per heavy atom. The van der Waals surface area contributed by atoms with Crippen LogP contribution < -0.4 is 4.90 Å². The first-order chi connectivity index (χ1) is 14.4. The van der Waals surface area contributed by atoms with Gasteiger partial charge in [0.2, 0.25) is 0 Å². The van der Waals surface area contributed by atoms with Crippen LogP contribution in [0.25, 0.3) is 0 Å². The molecule has 4 rings (SSSR count). The molecule has 1 aliphatic rings. The van der Waals surface area contributed by atoms with E-state index in [0.717, 1.165) is 14.5 Å². The van der Waals surface area contributed by atoms with Gasteiger partial charge in [0.05, 0.1) is 12.1 Å². The van der Waals surface area contributed by atoms with Gasteiger partial charge in [0.1, 0.15) is 0 Å². The minimum absolute atomic E-state index is 0.283. The summed E-state index contributed by atoms with van der Waals surface area (Å²) in [5.74, 6) is -0.744. The summed E-state index contributed by atoms with van der Waals surface area (Å²) in [6, 6.07) is 22.2. The molecule has 152 valence electrons. The standard InChI is InChI=1S/C24H19Br2NO3/c25-18-8-6-17(7-9-18)22(28)15-24(30)20-14-19(26)10-11-21(20)27(23(24)29)13-12-16-4-2-1-3-5-16/h1-11,14,30H,12-13,15H2/t24-/m1/s1. The first-order valence-corrected chi connectivity index (χ1v) is 11.1. The van der Waals surface area contributed by atoms with Gasteiger partial charge in [-0.05, 0) is 42.3 Å². The lowest BCUT2D eigenvalue weighted by Gasteiger charge is -2.23. The minimum Gasteiger partial charge on any atom is -0.375 e. The van der Waals surface area contributed by atoms with Crippen molar-refractivity contribution < 1.29 is 14.7 Å². The van der Waals surface area contributed by atoms with Crippen molar-refractivity contribution in [1.82, 2.24) is 0 Å². The Balaban J connectivity index is 1.64. The highest BCUT2D eigenvalue weighted by molar-refractivity contribution is 9.10. The lowest BCUT2D eigenvalue weighted by atomic mass is 9.88. The van der Waals surface area contributed by atoms with Gasteiger partial charge in [-0.2, -0.15) is 0 Å². The number of anilines is 1. The molecule has 1 N–H and O–H groups in total. The Labute approximate surface area is 191 Å². The highest BCUT2D eigenvalue weighted by atomic mass is 79.9. The van der Waals surface area contributed by atoms with E-state index < -0.39 is 11.5 Å². The monoisotopic (exact) mass is 527 g/mol. The lowest BCUT2D eigenvalue weighted by molar-refractivity contribution is -0.135. The van der Waals surface area contributed by atoms with E-state index >= 15 is 0 Å². The maximum atomic E-state index is 13.3. The molecule has 0 saturated carbocycles. The van der Waals surface area contributed by atoms with Gasteiger partial charge < -0.3 is 10.0 Å². The number of rotatable bonds is 6. The van der Waals surface area contributed by atoms with Crippen LogP contribution in [-0.4, -0.2) is 23.3 Å². The maximum absolute atomic E-state index is 13.3. The second-order valence-electron chi connectivity index (χ2n) is 7.32. The lowest BCUT2D eigenvalue weighted by Crippen LogP contribution is -2.42. The van der Waals surface area contributed by atoms with Crippen molar-refractivity contribution in [2.75, 3.05) is 11.4 Å². The predicted octanol–water partition coefficient (Wildman–Crippen LogP) is 5.26. The molecule has 30 heavy (non-hydrogen) atoms. The van der Waals surface area contributed by atoms with Crippen molar-refractivity contribution in [3.05, 3.63) is 98.4 Å². The van der Waals surface area contributed by atoms with E-state index in [1.165, 1.54) is 0 Å². The van der Waals surface area contributed by atoms with E-state index in [4.69, 9.17) is 0 Å². The second kappa shape index (κ2) is 8.46. The zero-order valence-corrected chi connectivity index (χ0v) is 19.2. The molecule has 1 atom stereocenters. The molecule has 0 fully saturated rings.